The van der Waals surface area contributed by atoms with Gasteiger partial charge in [-0.05, 0) is 47.9 Å². The minimum Gasteiger partial charge on any atom is -0.351 e. The Balaban J connectivity index is 1.45. The number of aromatic nitrogens is 2. The minimum atomic E-state index is -0.302. The summed E-state index contributed by atoms with van der Waals surface area (Å²) in [4.78, 5) is 12.8. The number of amides is 1. The Bertz CT molecular complexity index is 1100. The van der Waals surface area contributed by atoms with E-state index in [1.165, 1.54) is 23.3 Å². The van der Waals surface area contributed by atoms with Crippen molar-refractivity contribution in [2.45, 2.75) is 12.3 Å². The Morgan fingerprint density at radius 1 is 0.935 bits per heavy atom. The summed E-state index contributed by atoms with van der Waals surface area (Å²) >= 11 is 0. The highest BCUT2D eigenvalue weighted by Crippen LogP contribution is 2.27. The van der Waals surface area contributed by atoms with Gasteiger partial charge in [-0.3, -0.25) is 9.48 Å². The van der Waals surface area contributed by atoms with Gasteiger partial charge >= 0.3 is 0 Å². The third-order valence-electron chi connectivity index (χ3n) is 5.37. The number of hydrogen-bond acceptors (Lipinski definition) is 2. The smallest absolute Gasteiger partial charge is 0.269 e. The molecule has 0 atom stereocenters. The highest BCUT2D eigenvalue weighted by Gasteiger charge is 2.17. The van der Waals surface area contributed by atoms with Crippen LogP contribution in [0, 0.1) is 5.82 Å². The fourth-order valence-corrected chi connectivity index (χ4v) is 3.76. The van der Waals surface area contributed by atoms with Crippen molar-refractivity contribution in [2.24, 2.45) is 7.05 Å². The summed E-state index contributed by atoms with van der Waals surface area (Å²) in [5.41, 5.74) is 4.32. The van der Waals surface area contributed by atoms with Crippen LogP contribution in [-0.4, -0.2) is 22.2 Å². The maximum atomic E-state index is 13.2. The Hall–Kier alpha value is -3.73. The largest absolute Gasteiger partial charge is 0.351 e. The van der Waals surface area contributed by atoms with Gasteiger partial charge in [0.2, 0.25) is 0 Å². The lowest BCUT2D eigenvalue weighted by Gasteiger charge is -2.18. The van der Waals surface area contributed by atoms with Gasteiger partial charge in [0.25, 0.3) is 5.91 Å². The molecule has 0 spiro atoms. The van der Waals surface area contributed by atoms with Crippen LogP contribution in [0.3, 0.4) is 0 Å². The van der Waals surface area contributed by atoms with Gasteiger partial charge in [0, 0.05) is 25.1 Å². The van der Waals surface area contributed by atoms with Gasteiger partial charge in [0.05, 0.1) is 5.69 Å². The van der Waals surface area contributed by atoms with E-state index in [9.17, 15) is 9.18 Å². The summed E-state index contributed by atoms with van der Waals surface area (Å²) in [6.07, 6.45) is 0.780. The second kappa shape index (κ2) is 9.39. The fourth-order valence-electron chi connectivity index (χ4n) is 3.76. The van der Waals surface area contributed by atoms with Crippen molar-refractivity contribution in [3.63, 3.8) is 0 Å². The average molecular weight is 413 g/mol. The molecule has 5 heteroatoms. The van der Waals surface area contributed by atoms with Gasteiger partial charge in [0.15, 0.2) is 0 Å². The van der Waals surface area contributed by atoms with Crippen molar-refractivity contribution in [1.82, 2.24) is 15.1 Å². The quantitative estimate of drug-likeness (QED) is 0.454. The second-order valence-electron chi connectivity index (χ2n) is 7.46. The minimum absolute atomic E-state index is 0.178. The van der Waals surface area contributed by atoms with E-state index in [1.807, 2.05) is 36.4 Å². The van der Waals surface area contributed by atoms with E-state index >= 15 is 0 Å². The molecule has 1 N–H and O–H groups in total. The summed E-state index contributed by atoms with van der Waals surface area (Å²) < 4.78 is 14.7. The SMILES string of the molecule is Cn1nc(-c2ccc(F)cc2)cc1C(=O)NCCC(c1ccccc1)c1ccccc1. The van der Waals surface area contributed by atoms with Crippen LogP contribution in [0.25, 0.3) is 11.3 Å². The van der Waals surface area contributed by atoms with Crippen molar-refractivity contribution in [1.29, 1.82) is 0 Å². The molecule has 0 saturated carbocycles. The lowest BCUT2D eigenvalue weighted by Crippen LogP contribution is -2.27. The summed E-state index contributed by atoms with van der Waals surface area (Å²) in [5.74, 6) is -0.281. The molecular formula is C26H24FN3O. The van der Waals surface area contributed by atoms with Gasteiger partial charge < -0.3 is 5.32 Å². The van der Waals surface area contributed by atoms with E-state index in [2.05, 4.69) is 34.7 Å². The molecule has 156 valence electrons. The maximum Gasteiger partial charge on any atom is 0.269 e. The zero-order valence-corrected chi connectivity index (χ0v) is 17.3. The first-order valence-electron chi connectivity index (χ1n) is 10.3. The van der Waals surface area contributed by atoms with E-state index in [4.69, 9.17) is 0 Å². The van der Waals surface area contributed by atoms with Crippen molar-refractivity contribution >= 4 is 5.91 Å². The van der Waals surface area contributed by atoms with Gasteiger partial charge in [-0.2, -0.15) is 5.10 Å². The molecule has 4 nitrogen and oxygen atoms in total. The lowest BCUT2D eigenvalue weighted by molar-refractivity contribution is 0.0943. The molecule has 0 aliphatic rings. The van der Waals surface area contributed by atoms with Crippen LogP contribution < -0.4 is 5.32 Å². The summed E-state index contributed by atoms with van der Waals surface area (Å²) in [6, 6.07) is 28.5. The van der Waals surface area contributed by atoms with Gasteiger partial charge in [-0.15, -0.1) is 0 Å². The second-order valence-corrected chi connectivity index (χ2v) is 7.46. The Morgan fingerprint density at radius 2 is 1.52 bits per heavy atom. The Morgan fingerprint density at radius 3 is 2.10 bits per heavy atom. The molecule has 4 aromatic rings. The summed E-state index contributed by atoms with van der Waals surface area (Å²) in [6.45, 7) is 0.532. The van der Waals surface area contributed by atoms with Crippen LogP contribution in [0.1, 0.15) is 34.0 Å². The first kappa shape index (κ1) is 20.5. The number of aryl methyl sites for hydroxylation is 1. The molecule has 0 bridgehead atoms. The molecule has 0 fully saturated rings. The highest BCUT2D eigenvalue weighted by molar-refractivity contribution is 5.93. The van der Waals surface area contributed by atoms with Crippen molar-refractivity contribution < 1.29 is 9.18 Å². The molecule has 0 radical (unpaired) electrons. The van der Waals surface area contributed by atoms with Gasteiger partial charge in [-0.25, -0.2) is 4.39 Å². The van der Waals surface area contributed by atoms with Crippen LogP contribution in [0.15, 0.2) is 91.0 Å². The predicted octanol–water partition coefficient (Wildman–Crippen LogP) is 5.18. The van der Waals surface area contributed by atoms with Gasteiger partial charge in [0.1, 0.15) is 11.5 Å². The Labute approximate surface area is 181 Å². The zero-order valence-electron chi connectivity index (χ0n) is 17.3. The molecule has 0 saturated heterocycles. The first-order chi connectivity index (χ1) is 15.1. The number of hydrogen-bond donors (Lipinski definition) is 1. The van der Waals surface area contributed by atoms with Gasteiger partial charge in [-0.1, -0.05) is 60.7 Å². The topological polar surface area (TPSA) is 46.9 Å². The van der Waals surface area contributed by atoms with E-state index in [1.54, 1.807) is 29.9 Å². The molecule has 0 aliphatic heterocycles. The van der Waals surface area contributed by atoms with Crippen LogP contribution in [-0.2, 0) is 7.05 Å². The monoisotopic (exact) mass is 413 g/mol. The van der Waals surface area contributed by atoms with Crippen LogP contribution in [0.5, 0.6) is 0 Å². The van der Waals surface area contributed by atoms with Crippen molar-refractivity contribution in [3.8, 4) is 11.3 Å². The number of carbonyl (C=O) groups is 1. The normalized spacial score (nSPS) is 10.9. The summed E-state index contributed by atoms with van der Waals surface area (Å²) in [5, 5.41) is 7.43. The molecular weight excluding hydrogens is 389 g/mol. The standard InChI is InChI=1S/C26H24FN3O/c1-30-25(18-24(29-30)21-12-14-22(27)15-13-21)26(31)28-17-16-23(19-8-4-2-5-9-19)20-10-6-3-7-11-20/h2-15,18,23H,16-17H2,1H3,(H,28,31). The molecule has 0 aliphatic carbocycles. The first-order valence-corrected chi connectivity index (χ1v) is 10.3. The molecule has 1 heterocycles. The number of rotatable bonds is 7. The molecule has 3 aromatic carbocycles. The van der Waals surface area contributed by atoms with E-state index in [0.717, 1.165) is 12.0 Å². The molecule has 1 aromatic heterocycles. The number of carbonyl (C=O) groups excluding carboxylic acids is 1. The lowest BCUT2D eigenvalue weighted by atomic mass is 9.88. The highest BCUT2D eigenvalue weighted by atomic mass is 19.1. The maximum absolute atomic E-state index is 13.2. The van der Waals surface area contributed by atoms with Crippen molar-refractivity contribution in [3.05, 3.63) is 114 Å². The third kappa shape index (κ3) is 4.89. The number of halogens is 1. The molecule has 4 rings (SSSR count). The van der Waals surface area contributed by atoms with E-state index < -0.39 is 0 Å². The number of nitrogens with zero attached hydrogens (tertiary/aromatic N) is 2. The molecule has 31 heavy (non-hydrogen) atoms. The van der Waals surface area contributed by atoms with E-state index in [-0.39, 0.29) is 17.6 Å². The van der Waals surface area contributed by atoms with E-state index in [0.29, 0.717) is 17.9 Å². The van der Waals surface area contributed by atoms with Crippen molar-refractivity contribution in [2.75, 3.05) is 6.54 Å². The number of nitrogens with one attached hydrogen (secondary N) is 1. The third-order valence-corrected chi connectivity index (χ3v) is 5.37. The van der Waals surface area contributed by atoms with Crippen LogP contribution in [0.4, 0.5) is 4.39 Å². The summed E-state index contributed by atoms with van der Waals surface area (Å²) in [7, 11) is 1.73. The number of benzene rings is 3. The van der Waals surface area contributed by atoms with Crippen LogP contribution in [0.2, 0.25) is 0 Å². The Kier molecular flexibility index (Phi) is 6.22. The molecule has 1 amide bonds. The zero-order chi connectivity index (χ0) is 21.6. The van der Waals surface area contributed by atoms with Crippen LogP contribution >= 0.6 is 0 Å². The molecule has 0 unspecified atom stereocenters. The average Bonchev–Trinajstić information content (AvgIpc) is 3.20. The fraction of sp³-hybridized carbons (Fsp3) is 0.154. The predicted molar refractivity (Wildman–Crippen MR) is 120 cm³/mol.